The number of anilines is 1. The molecule has 2 rings (SSSR count). The van der Waals surface area contributed by atoms with Gasteiger partial charge in [0.15, 0.2) is 6.61 Å². The first-order chi connectivity index (χ1) is 12.8. The number of carbonyl (C=O) groups excluding carboxylic acids is 1. The normalized spacial score (nSPS) is 10.8. The SMILES string of the molecule is COc1ccccc1CCC(=O)Nc1ccc(OCC(F)(F)F)c(C#N)c1. The highest BCUT2D eigenvalue weighted by atomic mass is 19.4. The molecule has 0 radical (unpaired) electrons. The van der Waals surface area contributed by atoms with Crippen molar-refractivity contribution < 1.29 is 27.4 Å². The Balaban J connectivity index is 1.98. The van der Waals surface area contributed by atoms with E-state index < -0.39 is 12.8 Å². The van der Waals surface area contributed by atoms with Crippen molar-refractivity contribution in [3.8, 4) is 17.6 Å². The fourth-order valence-corrected chi connectivity index (χ4v) is 2.36. The van der Waals surface area contributed by atoms with Gasteiger partial charge in [-0.15, -0.1) is 0 Å². The lowest BCUT2D eigenvalue weighted by atomic mass is 10.1. The van der Waals surface area contributed by atoms with Crippen LogP contribution >= 0.6 is 0 Å². The first kappa shape index (κ1) is 20.1. The van der Waals surface area contributed by atoms with Crippen LogP contribution in [-0.4, -0.2) is 25.8 Å². The average Bonchev–Trinajstić information content (AvgIpc) is 2.64. The average molecular weight is 378 g/mol. The summed E-state index contributed by atoms with van der Waals surface area (Å²) in [5.41, 5.74) is 1.08. The maximum atomic E-state index is 12.2. The lowest BCUT2D eigenvalue weighted by molar-refractivity contribution is -0.153. The lowest BCUT2D eigenvalue weighted by Crippen LogP contribution is -2.19. The van der Waals surface area contributed by atoms with Crippen LogP contribution in [0.1, 0.15) is 17.5 Å². The standard InChI is InChI=1S/C19H17F3N2O3/c1-26-16-5-3-2-4-13(16)6-9-18(25)24-15-7-8-17(14(10-15)11-23)27-12-19(20,21)22/h2-5,7-8,10H,6,9,12H2,1H3,(H,24,25). The molecule has 0 aromatic heterocycles. The Bertz CT molecular complexity index is 845. The summed E-state index contributed by atoms with van der Waals surface area (Å²) in [5.74, 6) is 0.193. The molecular weight excluding hydrogens is 361 g/mol. The monoisotopic (exact) mass is 378 g/mol. The second-order valence-corrected chi connectivity index (χ2v) is 5.59. The lowest BCUT2D eigenvalue weighted by Gasteiger charge is -2.12. The van der Waals surface area contributed by atoms with Gasteiger partial charge >= 0.3 is 6.18 Å². The molecule has 1 N–H and O–H groups in total. The van der Waals surface area contributed by atoms with E-state index in [0.29, 0.717) is 17.9 Å². The number of ether oxygens (including phenoxy) is 2. The number of hydrogen-bond acceptors (Lipinski definition) is 4. The van der Waals surface area contributed by atoms with Gasteiger partial charge in [0.05, 0.1) is 12.7 Å². The zero-order valence-electron chi connectivity index (χ0n) is 14.5. The number of alkyl halides is 3. The van der Waals surface area contributed by atoms with Crippen LogP contribution in [0.15, 0.2) is 42.5 Å². The number of para-hydroxylation sites is 1. The van der Waals surface area contributed by atoms with Crippen LogP contribution in [0.5, 0.6) is 11.5 Å². The third-order valence-electron chi connectivity index (χ3n) is 3.59. The quantitative estimate of drug-likeness (QED) is 0.788. The third-order valence-corrected chi connectivity index (χ3v) is 3.59. The van der Waals surface area contributed by atoms with Crippen molar-refractivity contribution in [3.63, 3.8) is 0 Å². The Morgan fingerprint density at radius 3 is 2.59 bits per heavy atom. The minimum Gasteiger partial charge on any atom is -0.496 e. The number of aryl methyl sites for hydroxylation is 1. The first-order valence-corrected chi connectivity index (χ1v) is 7.98. The Morgan fingerprint density at radius 2 is 1.93 bits per heavy atom. The van der Waals surface area contributed by atoms with Gasteiger partial charge in [0, 0.05) is 12.1 Å². The predicted molar refractivity (Wildman–Crippen MR) is 92.7 cm³/mol. The van der Waals surface area contributed by atoms with Crippen LogP contribution in [-0.2, 0) is 11.2 Å². The Hall–Kier alpha value is -3.21. The van der Waals surface area contributed by atoms with Gasteiger partial charge in [-0.2, -0.15) is 18.4 Å². The molecule has 1 amide bonds. The zero-order valence-corrected chi connectivity index (χ0v) is 14.5. The van der Waals surface area contributed by atoms with Crippen LogP contribution in [0.3, 0.4) is 0 Å². The van der Waals surface area contributed by atoms with Gasteiger partial charge in [-0.25, -0.2) is 0 Å². The van der Waals surface area contributed by atoms with Gasteiger partial charge in [0.25, 0.3) is 0 Å². The fraction of sp³-hybridized carbons (Fsp3) is 0.263. The summed E-state index contributed by atoms with van der Waals surface area (Å²) in [4.78, 5) is 12.1. The van der Waals surface area contributed by atoms with E-state index in [9.17, 15) is 18.0 Å². The molecule has 2 aromatic carbocycles. The van der Waals surface area contributed by atoms with E-state index in [1.165, 1.54) is 18.2 Å². The number of carbonyl (C=O) groups is 1. The van der Waals surface area contributed by atoms with Crippen molar-refractivity contribution in [2.75, 3.05) is 19.0 Å². The highest BCUT2D eigenvalue weighted by Gasteiger charge is 2.28. The van der Waals surface area contributed by atoms with Crippen LogP contribution in [0.2, 0.25) is 0 Å². The third kappa shape index (κ3) is 6.22. The highest BCUT2D eigenvalue weighted by molar-refractivity contribution is 5.91. The first-order valence-electron chi connectivity index (χ1n) is 7.98. The number of nitrogens with zero attached hydrogens (tertiary/aromatic N) is 1. The van der Waals surface area contributed by atoms with Crippen molar-refractivity contribution in [1.29, 1.82) is 5.26 Å². The van der Waals surface area contributed by atoms with Crippen LogP contribution < -0.4 is 14.8 Å². The number of methoxy groups -OCH3 is 1. The van der Waals surface area contributed by atoms with E-state index in [4.69, 9.17) is 10.00 Å². The fourth-order valence-electron chi connectivity index (χ4n) is 2.36. The van der Waals surface area contributed by atoms with E-state index in [-0.39, 0.29) is 23.6 Å². The summed E-state index contributed by atoms with van der Waals surface area (Å²) in [6.45, 7) is -1.49. The molecular formula is C19H17F3N2O3. The van der Waals surface area contributed by atoms with Crippen LogP contribution in [0.25, 0.3) is 0 Å². The number of nitriles is 1. The van der Waals surface area contributed by atoms with E-state index >= 15 is 0 Å². The second-order valence-electron chi connectivity index (χ2n) is 5.59. The molecule has 27 heavy (non-hydrogen) atoms. The zero-order chi connectivity index (χ0) is 19.9. The summed E-state index contributed by atoms with van der Waals surface area (Å²) in [6.07, 6.45) is -3.87. The summed E-state index contributed by atoms with van der Waals surface area (Å²) in [7, 11) is 1.55. The van der Waals surface area contributed by atoms with E-state index in [0.717, 1.165) is 5.56 Å². The van der Waals surface area contributed by atoms with E-state index in [1.807, 2.05) is 18.2 Å². The number of nitrogens with one attached hydrogen (secondary N) is 1. The Kier molecular flexibility index (Phi) is 6.66. The summed E-state index contributed by atoms with van der Waals surface area (Å²) >= 11 is 0. The minimum absolute atomic E-state index is 0.0956. The molecule has 0 aliphatic carbocycles. The molecule has 0 bridgehead atoms. The summed E-state index contributed by atoms with van der Waals surface area (Å²) < 4.78 is 46.5. The number of amides is 1. The molecule has 0 aliphatic rings. The smallest absolute Gasteiger partial charge is 0.422 e. The largest absolute Gasteiger partial charge is 0.496 e. The Labute approximate surface area is 154 Å². The maximum absolute atomic E-state index is 12.2. The van der Waals surface area contributed by atoms with Gasteiger partial charge in [-0.05, 0) is 36.2 Å². The van der Waals surface area contributed by atoms with Gasteiger partial charge < -0.3 is 14.8 Å². The second kappa shape index (κ2) is 8.94. The topological polar surface area (TPSA) is 71.3 Å². The van der Waals surface area contributed by atoms with Crippen LogP contribution in [0.4, 0.5) is 18.9 Å². The molecule has 142 valence electrons. The van der Waals surface area contributed by atoms with Crippen molar-refractivity contribution in [1.82, 2.24) is 0 Å². The molecule has 2 aromatic rings. The van der Waals surface area contributed by atoms with Crippen molar-refractivity contribution >= 4 is 11.6 Å². The van der Waals surface area contributed by atoms with Crippen molar-refractivity contribution in [2.45, 2.75) is 19.0 Å². The van der Waals surface area contributed by atoms with Gasteiger partial charge in [0.2, 0.25) is 5.91 Å². The molecule has 0 atom stereocenters. The van der Waals surface area contributed by atoms with E-state index in [2.05, 4.69) is 10.1 Å². The number of halogens is 3. The molecule has 0 heterocycles. The predicted octanol–water partition coefficient (Wildman–Crippen LogP) is 4.08. The van der Waals surface area contributed by atoms with Gasteiger partial charge in [-0.1, -0.05) is 18.2 Å². The minimum atomic E-state index is -4.50. The van der Waals surface area contributed by atoms with Gasteiger partial charge in [0.1, 0.15) is 17.6 Å². The number of rotatable bonds is 7. The Morgan fingerprint density at radius 1 is 1.19 bits per heavy atom. The van der Waals surface area contributed by atoms with Crippen LogP contribution in [0, 0.1) is 11.3 Å². The molecule has 0 fully saturated rings. The van der Waals surface area contributed by atoms with Gasteiger partial charge in [-0.3, -0.25) is 4.79 Å². The molecule has 0 saturated carbocycles. The molecule has 0 unspecified atom stereocenters. The molecule has 5 nitrogen and oxygen atoms in total. The van der Waals surface area contributed by atoms with E-state index in [1.54, 1.807) is 19.2 Å². The molecule has 0 aliphatic heterocycles. The number of hydrogen-bond donors (Lipinski definition) is 1. The maximum Gasteiger partial charge on any atom is 0.422 e. The molecule has 0 saturated heterocycles. The van der Waals surface area contributed by atoms with Crippen molar-refractivity contribution in [2.24, 2.45) is 0 Å². The summed E-state index contributed by atoms with van der Waals surface area (Å²) in [5, 5.41) is 11.7. The van der Waals surface area contributed by atoms with Crippen molar-refractivity contribution in [3.05, 3.63) is 53.6 Å². The molecule has 0 spiro atoms. The molecule has 8 heteroatoms. The highest BCUT2D eigenvalue weighted by Crippen LogP contribution is 2.25. The summed E-state index contributed by atoms with van der Waals surface area (Å²) in [6, 6.07) is 13.0. The number of benzene rings is 2.